The Morgan fingerprint density at radius 3 is 2.68 bits per heavy atom. The lowest BCUT2D eigenvalue weighted by Crippen LogP contribution is -2.39. The smallest absolute Gasteiger partial charge is 0.326 e. The van der Waals surface area contributed by atoms with E-state index in [9.17, 15) is 14.4 Å². The highest BCUT2D eigenvalue weighted by molar-refractivity contribution is 5.92. The molecule has 7 nitrogen and oxygen atoms in total. The van der Waals surface area contributed by atoms with E-state index in [2.05, 4.69) is 9.97 Å². The third kappa shape index (κ3) is 3.69. The van der Waals surface area contributed by atoms with Crippen molar-refractivity contribution >= 4 is 5.91 Å². The molecule has 0 saturated heterocycles. The standard InChI is InChI=1S/C15H18N4O3/c1-9-4-5-16-11(6-9)7-10(2)19(3)14(21)12-8-13(20)18-15(22)17-12/h4-6,8,10H,7H2,1-3H3,(H2,17,18,20,22)/t10-/m0/s1. The fourth-order valence-electron chi connectivity index (χ4n) is 2.12. The highest BCUT2D eigenvalue weighted by Gasteiger charge is 2.19. The van der Waals surface area contributed by atoms with Crippen LogP contribution in [0.3, 0.4) is 0 Å². The van der Waals surface area contributed by atoms with Gasteiger partial charge in [-0.2, -0.15) is 0 Å². The SMILES string of the molecule is Cc1ccnc(C[C@H](C)N(C)C(=O)c2cc(=O)[nH]c(=O)[nH]2)c1. The van der Waals surface area contributed by atoms with Gasteiger partial charge in [0.1, 0.15) is 5.69 Å². The van der Waals surface area contributed by atoms with Crippen molar-refractivity contribution in [3.8, 4) is 0 Å². The van der Waals surface area contributed by atoms with E-state index < -0.39 is 17.2 Å². The van der Waals surface area contributed by atoms with Gasteiger partial charge in [-0.05, 0) is 31.5 Å². The lowest BCUT2D eigenvalue weighted by molar-refractivity contribution is 0.0736. The van der Waals surface area contributed by atoms with E-state index >= 15 is 0 Å². The Morgan fingerprint density at radius 1 is 1.32 bits per heavy atom. The molecule has 2 heterocycles. The van der Waals surface area contributed by atoms with Crippen LogP contribution in [0.25, 0.3) is 0 Å². The Morgan fingerprint density at radius 2 is 2.05 bits per heavy atom. The number of hydrogen-bond donors (Lipinski definition) is 2. The molecule has 2 aromatic heterocycles. The number of rotatable bonds is 4. The van der Waals surface area contributed by atoms with Crippen LogP contribution in [-0.4, -0.2) is 38.8 Å². The van der Waals surface area contributed by atoms with Crippen molar-refractivity contribution in [2.45, 2.75) is 26.3 Å². The van der Waals surface area contributed by atoms with Crippen LogP contribution >= 0.6 is 0 Å². The van der Waals surface area contributed by atoms with E-state index in [1.165, 1.54) is 4.90 Å². The summed E-state index contributed by atoms with van der Waals surface area (Å²) >= 11 is 0. The van der Waals surface area contributed by atoms with Crippen molar-refractivity contribution in [3.63, 3.8) is 0 Å². The van der Waals surface area contributed by atoms with Gasteiger partial charge in [0.25, 0.3) is 11.5 Å². The maximum atomic E-state index is 12.3. The van der Waals surface area contributed by atoms with Gasteiger partial charge in [0, 0.05) is 37.5 Å². The van der Waals surface area contributed by atoms with Crippen LogP contribution in [0.5, 0.6) is 0 Å². The van der Waals surface area contributed by atoms with Crippen LogP contribution < -0.4 is 11.2 Å². The number of aromatic nitrogens is 3. The first kappa shape index (κ1) is 15.7. The van der Waals surface area contributed by atoms with E-state index in [0.717, 1.165) is 17.3 Å². The minimum Gasteiger partial charge on any atom is -0.337 e. The Balaban J connectivity index is 2.15. The number of carbonyl (C=O) groups excluding carboxylic acids is 1. The highest BCUT2D eigenvalue weighted by atomic mass is 16.2. The summed E-state index contributed by atoms with van der Waals surface area (Å²) in [6.45, 7) is 3.86. The Kier molecular flexibility index (Phi) is 4.55. The largest absolute Gasteiger partial charge is 0.337 e. The molecule has 2 N–H and O–H groups in total. The first-order valence-electron chi connectivity index (χ1n) is 6.89. The average Bonchev–Trinajstić information content (AvgIpc) is 2.44. The molecule has 1 amide bonds. The van der Waals surface area contributed by atoms with Gasteiger partial charge in [0.05, 0.1) is 0 Å². The molecule has 0 aliphatic carbocycles. The van der Waals surface area contributed by atoms with Gasteiger partial charge in [-0.15, -0.1) is 0 Å². The number of aryl methyl sites for hydroxylation is 1. The first-order chi connectivity index (χ1) is 10.4. The third-order valence-electron chi connectivity index (χ3n) is 3.45. The number of nitrogens with zero attached hydrogens (tertiary/aromatic N) is 2. The number of H-pyrrole nitrogens is 2. The summed E-state index contributed by atoms with van der Waals surface area (Å²) in [4.78, 5) is 45.0. The molecule has 0 bridgehead atoms. The molecule has 0 unspecified atom stereocenters. The van der Waals surface area contributed by atoms with E-state index in [1.54, 1.807) is 13.2 Å². The molecule has 22 heavy (non-hydrogen) atoms. The van der Waals surface area contributed by atoms with Crippen molar-refractivity contribution in [1.29, 1.82) is 0 Å². The number of aromatic amines is 2. The molecule has 7 heteroatoms. The lowest BCUT2D eigenvalue weighted by atomic mass is 10.1. The van der Waals surface area contributed by atoms with E-state index in [-0.39, 0.29) is 11.7 Å². The quantitative estimate of drug-likeness (QED) is 0.857. The summed E-state index contributed by atoms with van der Waals surface area (Å²) in [6, 6.07) is 4.82. The summed E-state index contributed by atoms with van der Waals surface area (Å²) < 4.78 is 0. The maximum Gasteiger partial charge on any atom is 0.326 e. The average molecular weight is 302 g/mol. The van der Waals surface area contributed by atoms with Crippen LogP contribution in [-0.2, 0) is 6.42 Å². The number of carbonyl (C=O) groups is 1. The molecule has 116 valence electrons. The number of amides is 1. The van der Waals surface area contributed by atoms with Crippen molar-refractivity contribution in [2.24, 2.45) is 0 Å². The number of pyridine rings is 1. The first-order valence-corrected chi connectivity index (χ1v) is 6.89. The van der Waals surface area contributed by atoms with Crippen molar-refractivity contribution in [2.75, 3.05) is 7.05 Å². The van der Waals surface area contributed by atoms with Crippen LogP contribution in [0, 0.1) is 6.92 Å². The van der Waals surface area contributed by atoms with E-state index in [1.807, 2.05) is 31.0 Å². The Labute approximate surface area is 127 Å². The Hall–Kier alpha value is -2.70. The van der Waals surface area contributed by atoms with Gasteiger partial charge in [-0.3, -0.25) is 19.6 Å². The number of hydrogen-bond acceptors (Lipinski definition) is 4. The van der Waals surface area contributed by atoms with E-state index in [4.69, 9.17) is 0 Å². The van der Waals surface area contributed by atoms with Crippen LogP contribution in [0.15, 0.2) is 34.0 Å². The van der Waals surface area contributed by atoms with Gasteiger partial charge in [-0.25, -0.2) is 4.79 Å². The van der Waals surface area contributed by atoms with Gasteiger partial charge in [0.15, 0.2) is 0 Å². The fraction of sp³-hybridized carbons (Fsp3) is 0.333. The lowest BCUT2D eigenvalue weighted by Gasteiger charge is -2.24. The number of nitrogens with one attached hydrogen (secondary N) is 2. The Bertz CT molecular complexity index is 765. The number of likely N-dealkylation sites (N-methyl/N-ethyl adjacent to an activating group) is 1. The maximum absolute atomic E-state index is 12.3. The molecule has 0 aliphatic rings. The molecule has 0 radical (unpaired) electrons. The summed E-state index contributed by atoms with van der Waals surface area (Å²) in [5.41, 5.74) is 0.655. The van der Waals surface area contributed by atoms with Crippen LogP contribution in [0.1, 0.15) is 28.7 Å². The molecule has 0 fully saturated rings. The van der Waals surface area contributed by atoms with E-state index in [0.29, 0.717) is 6.42 Å². The topological polar surface area (TPSA) is 98.9 Å². The summed E-state index contributed by atoms with van der Waals surface area (Å²) in [6.07, 6.45) is 2.31. The molecular formula is C15H18N4O3. The second kappa shape index (κ2) is 6.38. The monoisotopic (exact) mass is 302 g/mol. The van der Waals surface area contributed by atoms with Gasteiger partial charge in [0.2, 0.25) is 0 Å². The van der Waals surface area contributed by atoms with Crippen LogP contribution in [0.2, 0.25) is 0 Å². The zero-order valence-corrected chi connectivity index (χ0v) is 12.7. The van der Waals surface area contributed by atoms with Crippen molar-refractivity contribution in [3.05, 3.63) is 62.2 Å². The molecule has 1 atom stereocenters. The molecule has 0 aliphatic heterocycles. The summed E-state index contributed by atoms with van der Waals surface area (Å²) in [5, 5.41) is 0. The molecule has 0 aromatic carbocycles. The minimum absolute atomic E-state index is 0.0275. The van der Waals surface area contributed by atoms with Gasteiger partial charge in [-0.1, -0.05) is 0 Å². The predicted octanol–water partition coefficient (Wildman–Crippen LogP) is 0.470. The van der Waals surface area contributed by atoms with Gasteiger partial charge >= 0.3 is 5.69 Å². The third-order valence-corrected chi connectivity index (χ3v) is 3.45. The molecule has 2 aromatic rings. The highest BCUT2D eigenvalue weighted by Crippen LogP contribution is 2.09. The van der Waals surface area contributed by atoms with Crippen molar-refractivity contribution in [1.82, 2.24) is 19.9 Å². The fourth-order valence-corrected chi connectivity index (χ4v) is 2.12. The normalized spacial score (nSPS) is 12.0. The second-order valence-electron chi connectivity index (χ2n) is 5.30. The second-order valence-corrected chi connectivity index (χ2v) is 5.30. The summed E-state index contributed by atoms with van der Waals surface area (Å²) in [7, 11) is 1.63. The zero-order valence-electron chi connectivity index (χ0n) is 12.7. The van der Waals surface area contributed by atoms with Gasteiger partial charge < -0.3 is 9.88 Å². The minimum atomic E-state index is -0.697. The molecule has 0 spiro atoms. The molecule has 0 saturated carbocycles. The zero-order chi connectivity index (χ0) is 16.3. The van der Waals surface area contributed by atoms with Crippen molar-refractivity contribution < 1.29 is 4.79 Å². The molecular weight excluding hydrogens is 284 g/mol. The predicted molar refractivity (Wildman–Crippen MR) is 81.9 cm³/mol. The molecule has 2 rings (SSSR count). The van der Waals surface area contributed by atoms with Crippen LogP contribution in [0.4, 0.5) is 0 Å². The summed E-state index contributed by atoms with van der Waals surface area (Å²) in [5.74, 6) is -0.414.